The Balaban J connectivity index is 0.00000380. The monoisotopic (exact) mass is 520 g/mol. The maximum atomic E-state index is 15.3. The van der Waals surface area contributed by atoms with Crippen molar-refractivity contribution in [1.29, 1.82) is 0 Å². The zero-order valence-corrected chi connectivity index (χ0v) is 20.1. The average Bonchev–Trinajstić information content (AvgIpc) is 2.85. The minimum Gasteiger partial charge on any atom is -0.454 e. The van der Waals surface area contributed by atoms with Gasteiger partial charge in [0.05, 0.1) is 0 Å². The van der Waals surface area contributed by atoms with Crippen LogP contribution < -0.4 is 9.47 Å². The number of unbranched alkanes of at least 4 members (excludes halogenated alkanes) is 1. The summed E-state index contributed by atoms with van der Waals surface area (Å²) in [7, 11) is 0. The van der Waals surface area contributed by atoms with E-state index in [0.29, 0.717) is 5.92 Å². The van der Waals surface area contributed by atoms with Crippen molar-refractivity contribution in [1.82, 2.24) is 0 Å². The van der Waals surface area contributed by atoms with E-state index < -0.39 is 23.7 Å². The Bertz CT molecular complexity index is 1150. The third-order valence-corrected chi connectivity index (χ3v) is 6.82. The lowest BCUT2D eigenvalue weighted by Gasteiger charge is -2.29. The van der Waals surface area contributed by atoms with Crippen LogP contribution in [0.4, 0.5) is 22.0 Å². The molecule has 1 fully saturated rings. The van der Waals surface area contributed by atoms with Gasteiger partial charge in [0, 0.05) is 11.1 Å². The molecule has 2 nitrogen and oxygen atoms in total. The van der Waals surface area contributed by atoms with Crippen molar-refractivity contribution in [2.45, 2.75) is 71.6 Å². The van der Waals surface area contributed by atoms with Gasteiger partial charge in [0.2, 0.25) is 0 Å². The van der Waals surface area contributed by atoms with Crippen LogP contribution in [0.1, 0.15) is 70.8 Å². The Morgan fingerprint density at radius 2 is 1.51 bits per heavy atom. The third kappa shape index (κ3) is 7.46. The number of alkyl halides is 3. The highest BCUT2D eigenvalue weighted by Gasteiger charge is 2.31. The fourth-order valence-corrected chi connectivity index (χ4v) is 4.91. The highest BCUT2D eigenvalue weighted by atomic mass is 19.4. The smallest absolute Gasteiger partial charge is 0.454 e. The summed E-state index contributed by atoms with van der Waals surface area (Å²) in [5.41, 5.74) is 1.13. The lowest BCUT2D eigenvalue weighted by molar-refractivity contribution is -0.274. The molecule has 200 valence electrons. The molecule has 1 aliphatic rings. The predicted molar refractivity (Wildman–Crippen MR) is 136 cm³/mol. The van der Waals surface area contributed by atoms with E-state index in [1.165, 1.54) is 49.6 Å². The number of benzene rings is 3. The Hall–Kier alpha value is -3.09. The normalized spacial score (nSPS) is 17.7. The van der Waals surface area contributed by atoms with E-state index >= 15 is 8.78 Å². The average molecular weight is 521 g/mol. The Kier molecular flexibility index (Phi) is 9.57. The van der Waals surface area contributed by atoms with E-state index in [-0.39, 0.29) is 30.1 Å². The Labute approximate surface area is 215 Å². The molecule has 0 N–H and O–H groups in total. The van der Waals surface area contributed by atoms with Gasteiger partial charge in [-0.3, -0.25) is 0 Å². The minimum absolute atomic E-state index is 0. The Morgan fingerprint density at radius 1 is 0.838 bits per heavy atom. The van der Waals surface area contributed by atoms with Gasteiger partial charge in [-0.2, -0.15) is 0 Å². The molecule has 0 radical (unpaired) electrons. The Morgan fingerprint density at radius 3 is 2.14 bits per heavy atom. The zero-order valence-electron chi connectivity index (χ0n) is 20.1. The van der Waals surface area contributed by atoms with Gasteiger partial charge in [0.1, 0.15) is 17.3 Å². The second-order valence-corrected chi connectivity index (χ2v) is 9.34. The second-order valence-electron chi connectivity index (χ2n) is 9.34. The molecule has 7 heteroatoms. The van der Waals surface area contributed by atoms with Crippen LogP contribution in [0.15, 0.2) is 60.7 Å². The summed E-state index contributed by atoms with van der Waals surface area (Å²) in [6.07, 6.45) is 3.31. The van der Waals surface area contributed by atoms with Gasteiger partial charge in [-0.1, -0.05) is 57.9 Å². The van der Waals surface area contributed by atoms with Crippen LogP contribution in [0.25, 0.3) is 11.1 Å². The summed E-state index contributed by atoms with van der Waals surface area (Å²) in [6, 6.07) is 14.0. The fraction of sp³-hybridized carbons (Fsp3) is 0.400. The molecule has 0 bridgehead atoms. The molecule has 0 aliphatic heterocycles. The van der Waals surface area contributed by atoms with Gasteiger partial charge >= 0.3 is 6.36 Å². The van der Waals surface area contributed by atoms with Crippen LogP contribution >= 0.6 is 0 Å². The lowest BCUT2D eigenvalue weighted by atomic mass is 9.77. The molecule has 0 aromatic heterocycles. The van der Waals surface area contributed by atoms with E-state index in [1.54, 1.807) is 12.1 Å². The molecule has 0 amide bonds. The molecular formula is C30H33F5O2. The first-order valence-corrected chi connectivity index (χ1v) is 12.4. The van der Waals surface area contributed by atoms with Crippen molar-refractivity contribution < 1.29 is 31.4 Å². The van der Waals surface area contributed by atoms with Crippen LogP contribution in [0.5, 0.6) is 17.2 Å². The van der Waals surface area contributed by atoms with Crippen molar-refractivity contribution in [3.63, 3.8) is 0 Å². The molecule has 0 atom stereocenters. The van der Waals surface area contributed by atoms with Gasteiger partial charge in [-0.05, 0) is 79.5 Å². The topological polar surface area (TPSA) is 18.5 Å². The molecule has 0 heterocycles. The number of hydrogen-bond acceptors (Lipinski definition) is 2. The summed E-state index contributed by atoms with van der Waals surface area (Å²) >= 11 is 0. The van der Waals surface area contributed by atoms with Crippen LogP contribution in [0.2, 0.25) is 0 Å². The first-order chi connectivity index (χ1) is 17.2. The largest absolute Gasteiger partial charge is 0.573 e. The minimum atomic E-state index is -4.81. The van der Waals surface area contributed by atoms with Gasteiger partial charge < -0.3 is 9.47 Å². The first kappa shape index (κ1) is 28.5. The summed E-state index contributed by atoms with van der Waals surface area (Å²) in [5.74, 6) is -0.634. The number of ether oxygens (including phenoxy) is 2. The SMILES string of the molecule is C.CCCC[C@H]1CC[C@H](c2ccc(-c3cccc(Oc4ccc(OC(F)(F)F)cc4)c3F)c(F)c2)CC1. The third-order valence-electron chi connectivity index (χ3n) is 6.82. The molecule has 37 heavy (non-hydrogen) atoms. The molecule has 0 spiro atoms. The van der Waals surface area contributed by atoms with Crippen LogP contribution in [-0.2, 0) is 0 Å². The first-order valence-electron chi connectivity index (χ1n) is 12.4. The van der Waals surface area contributed by atoms with Gasteiger partial charge in [-0.15, -0.1) is 13.2 Å². The fourth-order valence-electron chi connectivity index (χ4n) is 4.91. The molecular weight excluding hydrogens is 487 g/mol. The van der Waals surface area contributed by atoms with Crippen LogP contribution in [0, 0.1) is 17.6 Å². The quantitative estimate of drug-likeness (QED) is 0.275. The van der Waals surface area contributed by atoms with E-state index in [4.69, 9.17) is 4.74 Å². The molecule has 3 aromatic rings. The van der Waals surface area contributed by atoms with Crippen molar-refractivity contribution >= 4 is 0 Å². The molecule has 0 unspecified atom stereocenters. The second kappa shape index (κ2) is 12.4. The molecule has 1 aliphatic carbocycles. The van der Waals surface area contributed by atoms with E-state index in [9.17, 15) is 13.2 Å². The standard InChI is InChI=1S/C29H29F5O2.CH4/c1-2-3-5-19-8-10-20(11-9-19)21-12-17-24(26(30)18-21)25-6-4-7-27(28(25)31)35-22-13-15-23(16-14-22)36-29(32,33)34;/h4,6-7,12-20H,2-3,5,8-11H2,1H3;1H4/t19-,20-;. The van der Waals surface area contributed by atoms with Crippen molar-refractivity contribution in [2.24, 2.45) is 5.92 Å². The molecule has 1 saturated carbocycles. The summed E-state index contributed by atoms with van der Waals surface area (Å²) in [5, 5.41) is 0. The molecule has 0 saturated heterocycles. The maximum absolute atomic E-state index is 15.3. The highest BCUT2D eigenvalue weighted by Crippen LogP contribution is 2.40. The number of halogens is 5. The summed E-state index contributed by atoms with van der Waals surface area (Å²) < 4.78 is 76.7. The van der Waals surface area contributed by atoms with Crippen LogP contribution in [-0.4, -0.2) is 6.36 Å². The lowest BCUT2D eigenvalue weighted by Crippen LogP contribution is -2.16. The summed E-state index contributed by atoms with van der Waals surface area (Å²) in [6.45, 7) is 2.20. The van der Waals surface area contributed by atoms with Gasteiger partial charge in [-0.25, -0.2) is 8.78 Å². The number of rotatable bonds is 8. The van der Waals surface area contributed by atoms with Crippen LogP contribution in [0.3, 0.4) is 0 Å². The maximum Gasteiger partial charge on any atom is 0.573 e. The zero-order chi connectivity index (χ0) is 25.7. The molecule has 4 rings (SSSR count). The van der Waals surface area contributed by atoms with Crippen molar-refractivity contribution in [3.8, 4) is 28.4 Å². The van der Waals surface area contributed by atoms with Gasteiger partial charge in [0.25, 0.3) is 0 Å². The van der Waals surface area contributed by atoms with E-state index in [1.807, 2.05) is 6.07 Å². The van der Waals surface area contributed by atoms with Crippen molar-refractivity contribution in [2.75, 3.05) is 0 Å². The predicted octanol–water partition coefficient (Wildman–Crippen LogP) is 10.4. The highest BCUT2D eigenvalue weighted by molar-refractivity contribution is 5.67. The summed E-state index contributed by atoms with van der Waals surface area (Å²) in [4.78, 5) is 0. The number of hydrogen-bond donors (Lipinski definition) is 0. The molecule has 3 aromatic carbocycles. The van der Waals surface area contributed by atoms with E-state index in [2.05, 4.69) is 11.7 Å². The van der Waals surface area contributed by atoms with Crippen molar-refractivity contribution in [3.05, 3.63) is 77.9 Å². The van der Waals surface area contributed by atoms with E-state index in [0.717, 1.165) is 49.3 Å². The van der Waals surface area contributed by atoms with Gasteiger partial charge in [0.15, 0.2) is 11.6 Å².